The molecule has 1 aromatic heterocycles. The number of aromatic nitrogens is 1. The van der Waals surface area contributed by atoms with Gasteiger partial charge in [-0.3, -0.25) is 24.0 Å². The van der Waals surface area contributed by atoms with Gasteiger partial charge in [0.2, 0.25) is 11.8 Å². The number of rotatable bonds is 14. The summed E-state index contributed by atoms with van der Waals surface area (Å²) in [6, 6.07) is 5.69. The van der Waals surface area contributed by atoms with E-state index in [4.69, 9.17) is 0 Å². The third-order valence-corrected chi connectivity index (χ3v) is 17.0. The lowest BCUT2D eigenvalue weighted by Gasteiger charge is -2.36. The largest absolute Gasteiger partial charge is 0.481 e. The first-order valence-electron chi connectivity index (χ1n) is 20.6. The molecule has 11 nitrogen and oxygen atoms in total. The van der Waals surface area contributed by atoms with E-state index >= 15 is 4.79 Å². The van der Waals surface area contributed by atoms with E-state index in [1.54, 1.807) is 35.4 Å². The van der Waals surface area contributed by atoms with Crippen molar-refractivity contribution in [2.75, 3.05) is 6.54 Å². The number of Topliss-reactive ketones (excluding diaryl/α,β-unsaturated/α-hetero) is 2. The van der Waals surface area contributed by atoms with Crippen LogP contribution >= 0.6 is 0 Å². The van der Waals surface area contributed by atoms with Gasteiger partial charge in [-0.05, 0) is 78.7 Å². The second kappa shape index (κ2) is 13.9. The number of nitrogens with zero attached hydrogens (tertiary/aromatic N) is 1. The van der Waals surface area contributed by atoms with Crippen LogP contribution in [0.3, 0.4) is 0 Å². The van der Waals surface area contributed by atoms with Gasteiger partial charge in [0, 0.05) is 48.7 Å². The predicted octanol–water partition coefficient (Wildman–Crippen LogP) is 7.21. The summed E-state index contributed by atoms with van der Waals surface area (Å²) in [6.45, 7) is 14.4. The number of para-hydroxylation sites is 1. The number of H-pyrrole nitrogens is 1. The van der Waals surface area contributed by atoms with Crippen LogP contribution < -0.4 is 4.72 Å². The molecule has 56 heavy (non-hydrogen) atoms. The number of benzene rings is 1. The van der Waals surface area contributed by atoms with Crippen molar-refractivity contribution < 1.29 is 37.5 Å². The Morgan fingerprint density at radius 1 is 1.00 bits per heavy atom. The van der Waals surface area contributed by atoms with Gasteiger partial charge in [-0.15, -0.1) is 6.58 Å². The Hall–Kier alpha value is -3.80. The fourth-order valence-electron chi connectivity index (χ4n) is 11.8. The second-order valence-corrected chi connectivity index (χ2v) is 21.2. The summed E-state index contributed by atoms with van der Waals surface area (Å²) in [5.74, 6) is -4.64. The molecular weight excluding hydrogens is 731 g/mol. The molecule has 12 heteroatoms. The number of likely N-dealkylation sites (tertiary alicyclic amines) is 1. The molecule has 2 aromatic rings. The third kappa shape index (κ3) is 6.36. The summed E-state index contributed by atoms with van der Waals surface area (Å²) in [5.41, 5.74) is -2.06. The van der Waals surface area contributed by atoms with Gasteiger partial charge in [0.05, 0.1) is 22.9 Å². The van der Waals surface area contributed by atoms with Crippen LogP contribution in [0.4, 0.5) is 0 Å². The van der Waals surface area contributed by atoms with Crippen molar-refractivity contribution in [3.8, 4) is 0 Å². The van der Waals surface area contributed by atoms with E-state index in [0.717, 1.165) is 51.4 Å². The minimum Gasteiger partial charge on any atom is -0.481 e. The highest BCUT2D eigenvalue weighted by molar-refractivity contribution is 7.90. The molecule has 2 amide bonds. The zero-order chi connectivity index (χ0) is 40.6. The molecule has 304 valence electrons. The van der Waals surface area contributed by atoms with E-state index in [1.807, 2.05) is 20.8 Å². The molecule has 1 aliphatic heterocycles. The predicted molar refractivity (Wildman–Crippen MR) is 211 cm³/mol. The summed E-state index contributed by atoms with van der Waals surface area (Å²) in [6.07, 6.45) is 11.1. The standard InChI is InChI=1S/C44H59N3O8S/c1-7-29-23-42(29,39(53)46-56(54,55)35-16-11-15-28-17-20-45-36(28)35)25-34(49)33-24-44(41(5,6)43(44)18-12-19-43)26-47(33)37(50)32(40(2,3)4)22-30(48)21-31(38(51)52)27-13-9-8-10-14-27/h7,11,15-17,20,27,29,31-33,45H,1,8-10,12-14,18-19,21-26H2,2-6H3,(H,46,53)(H,51,52)/t29-,31+,32-,33+,42-,44-/m1/s1. The lowest BCUT2D eigenvalue weighted by atomic mass is 9.73. The number of nitrogens with one attached hydrogen (secondary N) is 2. The van der Waals surface area contributed by atoms with Crippen LogP contribution in [0, 0.1) is 50.7 Å². The highest BCUT2D eigenvalue weighted by atomic mass is 32.2. The molecular formula is C44H59N3O8S. The summed E-state index contributed by atoms with van der Waals surface area (Å²) in [5, 5.41) is 10.8. The summed E-state index contributed by atoms with van der Waals surface area (Å²) in [7, 11) is -4.32. The Morgan fingerprint density at radius 2 is 1.70 bits per heavy atom. The highest BCUT2D eigenvalue weighted by Crippen LogP contribution is 2.88. The molecule has 4 saturated carbocycles. The van der Waals surface area contributed by atoms with Gasteiger partial charge < -0.3 is 15.0 Å². The van der Waals surface area contributed by atoms with Crippen molar-refractivity contribution in [1.29, 1.82) is 0 Å². The van der Waals surface area contributed by atoms with Gasteiger partial charge in [-0.1, -0.05) is 78.5 Å². The first-order chi connectivity index (χ1) is 26.2. The van der Waals surface area contributed by atoms with E-state index in [0.29, 0.717) is 23.9 Å². The number of ketones is 2. The molecule has 6 atom stereocenters. The maximum Gasteiger partial charge on any atom is 0.307 e. The number of sulfonamides is 1. The number of fused-ring (bicyclic) bond motifs is 2. The molecule has 1 saturated heterocycles. The molecule has 2 heterocycles. The van der Waals surface area contributed by atoms with E-state index in [2.05, 4.69) is 30.1 Å². The molecule has 0 bridgehead atoms. The second-order valence-electron chi connectivity index (χ2n) is 19.5. The van der Waals surface area contributed by atoms with Crippen LogP contribution in [0.25, 0.3) is 10.9 Å². The van der Waals surface area contributed by atoms with Crippen molar-refractivity contribution in [2.45, 2.75) is 129 Å². The zero-order valence-corrected chi connectivity index (χ0v) is 34.4. The van der Waals surface area contributed by atoms with Crippen molar-refractivity contribution in [3.05, 3.63) is 43.1 Å². The lowest BCUT2D eigenvalue weighted by molar-refractivity contribution is -0.148. The number of hydrogen-bond acceptors (Lipinski definition) is 7. The Balaban J connectivity index is 1.15. The number of aromatic amines is 1. The van der Waals surface area contributed by atoms with Crippen molar-refractivity contribution >= 4 is 50.3 Å². The lowest BCUT2D eigenvalue weighted by Crippen LogP contribution is -2.48. The number of hydrogen-bond donors (Lipinski definition) is 3. The molecule has 0 unspecified atom stereocenters. The number of amides is 2. The van der Waals surface area contributed by atoms with E-state index in [1.165, 1.54) is 6.07 Å². The molecule has 2 spiro atoms. The van der Waals surface area contributed by atoms with Crippen LogP contribution in [0.5, 0.6) is 0 Å². The smallest absolute Gasteiger partial charge is 0.307 e. The molecule has 5 fully saturated rings. The fourth-order valence-corrected chi connectivity index (χ4v) is 13.1. The first kappa shape index (κ1) is 40.4. The van der Waals surface area contributed by atoms with Crippen LogP contribution in [0.1, 0.15) is 118 Å². The molecule has 5 aliphatic rings. The summed E-state index contributed by atoms with van der Waals surface area (Å²) in [4.78, 5) is 74.6. The first-order valence-corrected chi connectivity index (χ1v) is 22.1. The van der Waals surface area contributed by atoms with Gasteiger partial charge in [0.25, 0.3) is 10.0 Å². The number of aliphatic carboxylic acids is 1. The number of carboxylic acid groups (broad SMARTS) is 1. The molecule has 0 radical (unpaired) electrons. The minimum atomic E-state index is -4.32. The summed E-state index contributed by atoms with van der Waals surface area (Å²) >= 11 is 0. The van der Waals surface area contributed by atoms with Crippen LogP contribution in [0.2, 0.25) is 0 Å². The molecule has 3 N–H and O–H groups in total. The third-order valence-electron chi connectivity index (χ3n) is 15.7. The SMILES string of the molecule is C=C[C@@H]1C[C@]1(CC(=O)[C@@H]1C[C@@]2(CN1C(=O)[C@@H](CC(=O)C[C@H](C(=O)O)C1CCCCC1)C(C)(C)C)C(C)(C)C21CCC1)C(=O)NS(=O)(=O)c1cccc2cc[nH]c12. The van der Waals surface area contributed by atoms with Gasteiger partial charge in [0.15, 0.2) is 5.78 Å². The van der Waals surface area contributed by atoms with E-state index in [9.17, 15) is 32.7 Å². The average Bonchev–Trinajstić information content (AvgIpc) is 3.63. The topological polar surface area (TPSA) is 171 Å². The maximum absolute atomic E-state index is 15.0. The molecule has 7 rings (SSSR count). The summed E-state index contributed by atoms with van der Waals surface area (Å²) < 4.78 is 29.6. The highest BCUT2D eigenvalue weighted by Gasteiger charge is 2.85. The van der Waals surface area contributed by atoms with E-state index in [-0.39, 0.29) is 70.2 Å². The fraction of sp³-hybridized carbons (Fsp3) is 0.659. The van der Waals surface area contributed by atoms with E-state index < -0.39 is 56.5 Å². The van der Waals surface area contributed by atoms with Crippen LogP contribution in [0.15, 0.2) is 48.0 Å². The Bertz CT molecular complexity index is 2070. The van der Waals surface area contributed by atoms with Gasteiger partial charge in [-0.2, -0.15) is 0 Å². The number of carboxylic acids is 1. The maximum atomic E-state index is 15.0. The number of carbonyl (C=O) groups is 5. The van der Waals surface area contributed by atoms with Gasteiger partial charge >= 0.3 is 5.97 Å². The molecule has 1 aromatic carbocycles. The van der Waals surface area contributed by atoms with Crippen molar-refractivity contribution in [1.82, 2.24) is 14.6 Å². The zero-order valence-electron chi connectivity index (χ0n) is 33.6. The normalized spacial score (nSPS) is 29.1. The van der Waals surface area contributed by atoms with Crippen molar-refractivity contribution in [2.24, 2.45) is 50.7 Å². The number of carbonyl (C=O) groups excluding carboxylic acids is 4. The monoisotopic (exact) mass is 789 g/mol. The molecule has 4 aliphatic carbocycles. The van der Waals surface area contributed by atoms with Gasteiger partial charge in [0.1, 0.15) is 10.7 Å². The Kier molecular flexibility index (Phi) is 10.1. The van der Waals surface area contributed by atoms with Gasteiger partial charge in [-0.25, -0.2) is 13.1 Å². The number of allylic oxidation sites excluding steroid dienone is 1. The average molecular weight is 790 g/mol. The minimum absolute atomic E-state index is 0.000518. The van der Waals surface area contributed by atoms with Crippen LogP contribution in [-0.4, -0.2) is 65.3 Å². The van der Waals surface area contributed by atoms with Crippen molar-refractivity contribution in [3.63, 3.8) is 0 Å². The Labute approximate surface area is 330 Å². The quantitative estimate of drug-likeness (QED) is 0.169. The van der Waals surface area contributed by atoms with Crippen LogP contribution in [-0.2, 0) is 34.0 Å². The Morgan fingerprint density at radius 3 is 2.27 bits per heavy atom.